The zero-order valence-corrected chi connectivity index (χ0v) is 14.8. The van der Waals surface area contributed by atoms with Crippen LogP contribution in [0.25, 0.3) is 0 Å². The molecule has 0 bridgehead atoms. The normalized spacial score (nSPS) is 13.3. The van der Waals surface area contributed by atoms with Crippen LogP contribution in [0.15, 0.2) is 48.7 Å². The average Bonchev–Trinajstić information content (AvgIpc) is 2.54. The molecule has 0 unspecified atom stereocenters. The number of carbonyl (C=O) groups excluding carboxylic acids is 1. The van der Waals surface area contributed by atoms with Gasteiger partial charge in [-0.05, 0) is 24.3 Å². The molecule has 1 amide bonds. The number of likely N-dealkylation sites (N-methyl/N-ethyl adjacent to an activating group) is 1. The number of amides is 1. The number of allylic oxidation sites excluding steroid dienone is 5. The Morgan fingerprint density at radius 1 is 1.10 bits per heavy atom. The molecule has 0 aromatic rings. The SMILES string of the molecule is C=C/C=C\C1=C(C=C)CCC(=O)N1C.CC.CC.CS. The van der Waals surface area contributed by atoms with E-state index in [9.17, 15) is 4.79 Å². The van der Waals surface area contributed by atoms with Gasteiger partial charge in [0.05, 0.1) is 0 Å². The molecule has 0 aromatic heterocycles. The Morgan fingerprint density at radius 2 is 1.60 bits per heavy atom. The highest BCUT2D eigenvalue weighted by Crippen LogP contribution is 2.23. The molecule has 0 atom stereocenters. The first kappa shape index (κ1) is 23.8. The van der Waals surface area contributed by atoms with Crippen LogP contribution in [0.4, 0.5) is 0 Å². The van der Waals surface area contributed by atoms with Gasteiger partial charge in [-0.25, -0.2) is 0 Å². The van der Waals surface area contributed by atoms with Crippen LogP contribution in [-0.2, 0) is 4.79 Å². The van der Waals surface area contributed by atoms with Gasteiger partial charge in [0.15, 0.2) is 0 Å². The second-order valence-electron chi connectivity index (χ2n) is 3.16. The number of thiol groups is 1. The van der Waals surface area contributed by atoms with Crippen molar-refractivity contribution in [3.8, 4) is 0 Å². The Kier molecular flexibility index (Phi) is 21.2. The smallest absolute Gasteiger partial charge is 0.227 e. The second-order valence-corrected chi connectivity index (χ2v) is 3.16. The zero-order valence-electron chi connectivity index (χ0n) is 13.9. The van der Waals surface area contributed by atoms with Crippen LogP contribution < -0.4 is 0 Å². The first-order valence-corrected chi connectivity index (χ1v) is 7.96. The number of hydrogen-bond donors (Lipinski definition) is 1. The molecule has 0 aromatic carbocycles. The Bertz CT molecular complexity index is 330. The maximum absolute atomic E-state index is 11.4. The van der Waals surface area contributed by atoms with Crippen molar-refractivity contribution in [2.75, 3.05) is 13.3 Å². The molecule has 0 N–H and O–H groups in total. The van der Waals surface area contributed by atoms with Crippen LogP contribution >= 0.6 is 12.6 Å². The van der Waals surface area contributed by atoms with Gasteiger partial charge in [-0.15, -0.1) is 0 Å². The van der Waals surface area contributed by atoms with E-state index in [2.05, 4.69) is 25.8 Å². The highest BCUT2D eigenvalue weighted by molar-refractivity contribution is 7.79. The number of nitrogens with zero attached hydrogens (tertiary/aromatic N) is 1. The quantitative estimate of drug-likeness (QED) is 0.573. The number of rotatable bonds is 3. The van der Waals surface area contributed by atoms with E-state index in [4.69, 9.17) is 0 Å². The van der Waals surface area contributed by atoms with Crippen molar-refractivity contribution in [1.82, 2.24) is 4.90 Å². The van der Waals surface area contributed by atoms with Crippen LogP contribution in [0.3, 0.4) is 0 Å². The van der Waals surface area contributed by atoms with Crippen molar-refractivity contribution >= 4 is 18.5 Å². The summed E-state index contributed by atoms with van der Waals surface area (Å²) in [5.41, 5.74) is 2.04. The summed E-state index contributed by atoms with van der Waals surface area (Å²) in [6, 6.07) is 0. The van der Waals surface area contributed by atoms with Gasteiger partial charge in [0, 0.05) is 19.2 Å². The van der Waals surface area contributed by atoms with E-state index in [-0.39, 0.29) is 5.91 Å². The summed E-state index contributed by atoms with van der Waals surface area (Å²) in [5.74, 6) is 0.152. The van der Waals surface area contributed by atoms with Gasteiger partial charge in [0.2, 0.25) is 5.91 Å². The standard InChI is InChI=1S/C12H15NO.2C2H6.CH4S/c1-4-6-7-11-10(5-2)8-9-12(14)13(11)3;3*1-2/h4-7H,1-2,8-9H2,3H3;2*1-2H3;2H,1H3/b7-6-;;;. The van der Waals surface area contributed by atoms with Crippen LogP contribution in [0.5, 0.6) is 0 Å². The summed E-state index contributed by atoms with van der Waals surface area (Å²) in [5, 5.41) is 0. The third-order valence-electron chi connectivity index (χ3n) is 2.31. The lowest BCUT2D eigenvalue weighted by molar-refractivity contribution is -0.128. The Morgan fingerprint density at radius 3 is 2.00 bits per heavy atom. The van der Waals surface area contributed by atoms with Crippen molar-refractivity contribution in [3.63, 3.8) is 0 Å². The highest BCUT2D eigenvalue weighted by atomic mass is 32.1. The average molecular weight is 298 g/mol. The van der Waals surface area contributed by atoms with Gasteiger partial charge in [-0.3, -0.25) is 4.79 Å². The molecule has 116 valence electrons. The lowest BCUT2D eigenvalue weighted by atomic mass is 10.0. The molecule has 1 aliphatic heterocycles. The second kappa shape index (κ2) is 17.8. The molecule has 1 rings (SSSR count). The van der Waals surface area contributed by atoms with Gasteiger partial charge in [0.25, 0.3) is 0 Å². The minimum absolute atomic E-state index is 0.152. The topological polar surface area (TPSA) is 20.3 Å². The molecule has 0 saturated carbocycles. The van der Waals surface area contributed by atoms with Crippen LogP contribution in [0, 0.1) is 0 Å². The van der Waals surface area contributed by atoms with E-state index in [1.165, 1.54) is 0 Å². The zero-order chi connectivity index (χ0) is 16.6. The molecule has 0 radical (unpaired) electrons. The molecular weight excluding hydrogens is 266 g/mol. The minimum atomic E-state index is 0.152. The summed E-state index contributed by atoms with van der Waals surface area (Å²) in [6.07, 6.45) is 10.3. The van der Waals surface area contributed by atoms with Crippen molar-refractivity contribution in [1.29, 1.82) is 0 Å². The van der Waals surface area contributed by atoms with Crippen LogP contribution in [-0.4, -0.2) is 24.1 Å². The molecule has 20 heavy (non-hydrogen) atoms. The minimum Gasteiger partial charge on any atom is -0.315 e. The number of hydrogen-bond acceptors (Lipinski definition) is 2. The van der Waals surface area contributed by atoms with Gasteiger partial charge in [0.1, 0.15) is 0 Å². The fourth-order valence-electron chi connectivity index (χ4n) is 1.47. The van der Waals surface area contributed by atoms with E-state index < -0.39 is 0 Å². The maximum atomic E-state index is 11.4. The van der Waals surface area contributed by atoms with Crippen molar-refractivity contribution in [2.24, 2.45) is 0 Å². The summed E-state index contributed by atoms with van der Waals surface area (Å²) in [7, 11) is 1.79. The van der Waals surface area contributed by atoms with Crippen LogP contribution in [0.2, 0.25) is 0 Å². The summed E-state index contributed by atoms with van der Waals surface area (Å²) < 4.78 is 0. The van der Waals surface area contributed by atoms with E-state index >= 15 is 0 Å². The van der Waals surface area contributed by atoms with E-state index in [1.54, 1.807) is 24.3 Å². The van der Waals surface area contributed by atoms with Crippen molar-refractivity contribution < 1.29 is 4.79 Å². The van der Waals surface area contributed by atoms with Gasteiger partial charge >= 0.3 is 0 Å². The van der Waals surface area contributed by atoms with Gasteiger partial charge in [-0.2, -0.15) is 12.6 Å². The van der Waals surface area contributed by atoms with Crippen molar-refractivity contribution in [2.45, 2.75) is 40.5 Å². The first-order chi connectivity index (χ1) is 9.70. The third-order valence-corrected chi connectivity index (χ3v) is 2.31. The molecule has 1 aliphatic rings. The molecule has 3 heteroatoms. The van der Waals surface area contributed by atoms with E-state index in [1.807, 2.05) is 45.9 Å². The van der Waals surface area contributed by atoms with E-state index in [0.717, 1.165) is 17.7 Å². The molecule has 1 heterocycles. The summed E-state index contributed by atoms with van der Waals surface area (Å²) in [4.78, 5) is 13.1. The Labute approximate surface area is 131 Å². The molecule has 2 nitrogen and oxygen atoms in total. The van der Waals surface area contributed by atoms with Gasteiger partial charge in [-0.1, -0.05) is 59.1 Å². The Hall–Kier alpha value is -1.22. The lowest BCUT2D eigenvalue weighted by Gasteiger charge is -2.25. The Balaban J connectivity index is -0.000000425. The molecule has 0 saturated heterocycles. The molecule has 0 spiro atoms. The maximum Gasteiger partial charge on any atom is 0.227 e. The monoisotopic (exact) mass is 297 g/mol. The fourth-order valence-corrected chi connectivity index (χ4v) is 1.47. The fraction of sp³-hybridized carbons (Fsp3) is 0.471. The number of carbonyl (C=O) groups is 1. The summed E-state index contributed by atoms with van der Waals surface area (Å²) in [6.45, 7) is 15.3. The molecule has 0 fully saturated rings. The van der Waals surface area contributed by atoms with Crippen LogP contribution in [0.1, 0.15) is 40.5 Å². The molecular formula is C17H31NOS. The molecule has 0 aliphatic carbocycles. The van der Waals surface area contributed by atoms with E-state index in [0.29, 0.717) is 6.42 Å². The third kappa shape index (κ3) is 8.81. The predicted octanol–water partition coefficient (Wildman–Crippen LogP) is 5.02. The largest absolute Gasteiger partial charge is 0.315 e. The highest BCUT2D eigenvalue weighted by Gasteiger charge is 2.19. The van der Waals surface area contributed by atoms with Gasteiger partial charge < -0.3 is 4.90 Å². The van der Waals surface area contributed by atoms with Crippen molar-refractivity contribution in [3.05, 3.63) is 48.7 Å². The lowest BCUT2D eigenvalue weighted by Crippen LogP contribution is -2.29. The first-order valence-electron chi connectivity index (χ1n) is 7.06. The summed E-state index contributed by atoms with van der Waals surface area (Å²) >= 11 is 3.53. The predicted molar refractivity (Wildman–Crippen MR) is 96.2 cm³/mol.